The van der Waals surface area contributed by atoms with Crippen LogP contribution in [0.3, 0.4) is 0 Å². The van der Waals surface area contributed by atoms with E-state index in [0.29, 0.717) is 10.0 Å². The first-order valence-electron chi connectivity index (χ1n) is 4.77. The normalized spacial score (nSPS) is 11.9. The van der Waals surface area contributed by atoms with Crippen LogP contribution in [0.2, 0.25) is 0 Å². The van der Waals surface area contributed by atoms with Crippen LogP contribution in [-0.4, -0.2) is 37.4 Å². The lowest BCUT2D eigenvalue weighted by Crippen LogP contribution is -2.36. The summed E-state index contributed by atoms with van der Waals surface area (Å²) >= 11 is 0. The number of carbonyl (C=O) groups is 1. The Hall–Kier alpha value is -1.68. The van der Waals surface area contributed by atoms with Crippen LogP contribution >= 0.6 is 0 Å². The lowest BCUT2D eigenvalue weighted by Gasteiger charge is -2.22. The number of H-pyrrole nitrogens is 1. The minimum atomic E-state index is 0.531. The van der Waals surface area contributed by atoms with Gasteiger partial charge in [-0.05, 0) is 12.1 Å². The standard InChI is InChI=1S/C11H13N3O/c1-14(2,3)11-9(7-15)6-8-4-5-12-10(8)13-11/h4-7H,1-3H3/p+1. The van der Waals surface area contributed by atoms with Gasteiger partial charge in [-0.25, -0.2) is 0 Å². The number of hydrogen-bond donors (Lipinski definition) is 1. The van der Waals surface area contributed by atoms with E-state index in [9.17, 15) is 4.79 Å². The fraction of sp³-hybridized carbons (Fsp3) is 0.273. The summed E-state index contributed by atoms with van der Waals surface area (Å²) in [6.07, 6.45) is 2.68. The van der Waals surface area contributed by atoms with E-state index < -0.39 is 0 Å². The van der Waals surface area contributed by atoms with Crippen molar-refractivity contribution in [3.8, 4) is 0 Å². The molecule has 2 rings (SSSR count). The van der Waals surface area contributed by atoms with Crippen LogP contribution in [-0.2, 0) is 0 Å². The number of carbonyl (C=O) groups excluding carboxylic acids is 1. The number of nitrogens with zero attached hydrogens (tertiary/aromatic N) is 2. The topological polar surface area (TPSA) is 45.8 Å². The molecule has 15 heavy (non-hydrogen) atoms. The summed E-state index contributed by atoms with van der Waals surface area (Å²) < 4.78 is 0.531. The van der Waals surface area contributed by atoms with E-state index in [4.69, 9.17) is 0 Å². The molecule has 0 aliphatic rings. The van der Waals surface area contributed by atoms with Crippen molar-refractivity contribution in [2.75, 3.05) is 21.1 Å². The van der Waals surface area contributed by atoms with Gasteiger partial charge >= 0.3 is 0 Å². The van der Waals surface area contributed by atoms with E-state index in [1.165, 1.54) is 0 Å². The molecule has 78 valence electrons. The van der Waals surface area contributed by atoms with Crippen LogP contribution < -0.4 is 4.48 Å². The molecule has 2 aromatic rings. The third-order valence-electron chi connectivity index (χ3n) is 2.31. The first-order valence-corrected chi connectivity index (χ1v) is 4.77. The summed E-state index contributed by atoms with van der Waals surface area (Å²) in [7, 11) is 5.97. The predicted octanol–water partition coefficient (Wildman–Crippen LogP) is 1.57. The molecule has 0 amide bonds. The average molecular weight is 204 g/mol. The number of rotatable bonds is 2. The monoisotopic (exact) mass is 204 g/mol. The van der Waals surface area contributed by atoms with Gasteiger partial charge in [-0.2, -0.15) is 4.98 Å². The lowest BCUT2D eigenvalue weighted by atomic mass is 10.2. The molecule has 0 fully saturated rings. The zero-order chi connectivity index (χ0) is 11.1. The fourth-order valence-electron chi connectivity index (χ4n) is 1.61. The van der Waals surface area contributed by atoms with Gasteiger partial charge in [0.25, 0.3) is 0 Å². The molecule has 0 spiro atoms. The predicted molar refractivity (Wildman–Crippen MR) is 61.0 cm³/mol. The molecule has 0 aliphatic heterocycles. The highest BCUT2D eigenvalue weighted by Gasteiger charge is 2.20. The first kappa shape index (κ1) is 9.86. The van der Waals surface area contributed by atoms with Crippen molar-refractivity contribution < 1.29 is 4.79 Å². The number of fused-ring (bicyclic) bond motifs is 1. The number of aldehydes is 1. The highest BCUT2D eigenvalue weighted by molar-refractivity contribution is 5.90. The number of hydrogen-bond acceptors (Lipinski definition) is 2. The molecular weight excluding hydrogens is 190 g/mol. The van der Waals surface area contributed by atoms with Crippen LogP contribution in [0, 0.1) is 0 Å². The maximum Gasteiger partial charge on any atom is 0.239 e. The van der Waals surface area contributed by atoms with E-state index in [0.717, 1.165) is 23.1 Å². The van der Waals surface area contributed by atoms with Gasteiger partial charge in [-0.1, -0.05) is 0 Å². The van der Waals surface area contributed by atoms with Gasteiger partial charge in [-0.15, -0.1) is 0 Å². The van der Waals surface area contributed by atoms with E-state index in [1.807, 2.05) is 39.5 Å². The highest BCUT2D eigenvalue weighted by Crippen LogP contribution is 2.23. The van der Waals surface area contributed by atoms with Gasteiger partial charge in [0.1, 0.15) is 5.65 Å². The molecule has 0 atom stereocenters. The zero-order valence-corrected chi connectivity index (χ0v) is 9.11. The Kier molecular flexibility index (Phi) is 2.08. The molecule has 4 heteroatoms. The third-order valence-corrected chi connectivity index (χ3v) is 2.31. The minimum Gasteiger partial charge on any atom is -0.346 e. The molecule has 0 unspecified atom stereocenters. The summed E-state index contributed by atoms with van der Waals surface area (Å²) in [5, 5.41) is 0.967. The quantitative estimate of drug-likeness (QED) is 0.596. The summed E-state index contributed by atoms with van der Waals surface area (Å²) in [5.41, 5.74) is 1.47. The molecule has 4 nitrogen and oxygen atoms in total. The second kappa shape index (κ2) is 3.17. The number of pyridine rings is 1. The Morgan fingerprint density at radius 2 is 2.13 bits per heavy atom. The number of nitrogens with one attached hydrogen (secondary N) is 1. The Bertz CT molecular complexity index is 508. The molecule has 0 saturated heterocycles. The van der Waals surface area contributed by atoms with Crippen LogP contribution in [0.25, 0.3) is 11.0 Å². The second-order valence-electron chi connectivity index (χ2n) is 4.45. The molecule has 0 aromatic carbocycles. The van der Waals surface area contributed by atoms with Gasteiger partial charge in [0.15, 0.2) is 6.29 Å². The number of aromatic nitrogens is 2. The van der Waals surface area contributed by atoms with Crippen molar-refractivity contribution >= 4 is 23.1 Å². The Morgan fingerprint density at radius 1 is 1.40 bits per heavy atom. The number of quaternary nitrogens is 1. The molecular formula is C11H14N3O+. The van der Waals surface area contributed by atoms with E-state index in [1.54, 1.807) is 0 Å². The molecule has 0 aliphatic carbocycles. The largest absolute Gasteiger partial charge is 0.346 e. The van der Waals surface area contributed by atoms with Crippen molar-refractivity contribution in [3.63, 3.8) is 0 Å². The van der Waals surface area contributed by atoms with E-state index in [-0.39, 0.29) is 0 Å². The zero-order valence-electron chi connectivity index (χ0n) is 9.11. The van der Waals surface area contributed by atoms with Crippen molar-refractivity contribution in [2.45, 2.75) is 0 Å². The van der Waals surface area contributed by atoms with Crippen molar-refractivity contribution in [1.82, 2.24) is 14.5 Å². The van der Waals surface area contributed by atoms with E-state index in [2.05, 4.69) is 9.97 Å². The summed E-state index contributed by atoms with van der Waals surface area (Å²) in [6.45, 7) is 0. The molecule has 0 bridgehead atoms. The summed E-state index contributed by atoms with van der Waals surface area (Å²) in [5.74, 6) is 0.778. The lowest BCUT2D eigenvalue weighted by molar-refractivity contribution is 0.112. The van der Waals surface area contributed by atoms with Crippen LogP contribution in [0.1, 0.15) is 10.4 Å². The molecule has 2 heterocycles. The maximum absolute atomic E-state index is 11.0. The first-order chi connectivity index (χ1) is 7.02. The number of aromatic amines is 1. The molecule has 0 saturated carbocycles. The highest BCUT2D eigenvalue weighted by atomic mass is 16.1. The van der Waals surface area contributed by atoms with Crippen LogP contribution in [0.15, 0.2) is 18.3 Å². The van der Waals surface area contributed by atoms with Crippen molar-refractivity contribution in [2.24, 2.45) is 0 Å². The van der Waals surface area contributed by atoms with Gasteiger partial charge in [0.05, 0.1) is 26.7 Å². The maximum atomic E-state index is 11.0. The second-order valence-corrected chi connectivity index (χ2v) is 4.45. The minimum absolute atomic E-state index is 0.531. The van der Waals surface area contributed by atoms with Gasteiger partial charge in [0, 0.05) is 11.6 Å². The molecule has 1 N–H and O–H groups in total. The molecule has 2 aromatic heterocycles. The molecule has 0 radical (unpaired) electrons. The van der Waals surface area contributed by atoms with Gasteiger partial charge in [-0.3, -0.25) is 9.28 Å². The Labute approximate surface area is 88.1 Å². The van der Waals surface area contributed by atoms with Crippen molar-refractivity contribution in [1.29, 1.82) is 0 Å². The fourth-order valence-corrected chi connectivity index (χ4v) is 1.61. The SMILES string of the molecule is C[N+](C)(C)c1nc2[nH]ccc2cc1C=O. The van der Waals surface area contributed by atoms with Gasteiger partial charge < -0.3 is 4.98 Å². The third kappa shape index (κ3) is 1.64. The Morgan fingerprint density at radius 3 is 2.73 bits per heavy atom. The average Bonchev–Trinajstić information content (AvgIpc) is 2.60. The Balaban J connectivity index is 2.75. The van der Waals surface area contributed by atoms with E-state index >= 15 is 0 Å². The summed E-state index contributed by atoms with van der Waals surface area (Å²) in [6, 6.07) is 3.78. The van der Waals surface area contributed by atoms with Crippen molar-refractivity contribution in [3.05, 3.63) is 23.9 Å². The van der Waals surface area contributed by atoms with Crippen LogP contribution in [0.5, 0.6) is 0 Å². The smallest absolute Gasteiger partial charge is 0.239 e. The van der Waals surface area contributed by atoms with Gasteiger partial charge in [0.2, 0.25) is 5.82 Å². The van der Waals surface area contributed by atoms with Crippen LogP contribution in [0.4, 0.5) is 5.82 Å². The summed E-state index contributed by atoms with van der Waals surface area (Å²) in [4.78, 5) is 18.5.